The van der Waals surface area contributed by atoms with Crippen LogP contribution in [0.25, 0.3) is 71.6 Å². The van der Waals surface area contributed by atoms with Crippen LogP contribution >= 0.6 is 0 Å². The SMILES string of the molecule is CC1(C)c2ccccc2-c2ccc(N(c3cccc(-c4ccc(-c5ccc6c(c5)c5ccccc5n6-c5ccccc5)cc4)c3)c3cccc4ccccc34)cc21. The van der Waals surface area contributed by atoms with Crippen LogP contribution in [0.1, 0.15) is 25.0 Å². The number of para-hydroxylation sites is 2. The maximum absolute atomic E-state index is 2.45. The molecule has 0 unspecified atom stereocenters. The molecule has 270 valence electrons. The van der Waals surface area contributed by atoms with Crippen molar-refractivity contribution < 1.29 is 0 Å². The van der Waals surface area contributed by atoms with Gasteiger partial charge in [0.05, 0.1) is 16.7 Å². The summed E-state index contributed by atoms with van der Waals surface area (Å²) in [5.74, 6) is 0. The van der Waals surface area contributed by atoms with E-state index in [9.17, 15) is 0 Å². The minimum absolute atomic E-state index is 0.0978. The highest BCUT2D eigenvalue weighted by Gasteiger charge is 2.35. The molecule has 0 spiro atoms. The molecule has 9 aromatic carbocycles. The van der Waals surface area contributed by atoms with Gasteiger partial charge in [0.2, 0.25) is 0 Å². The van der Waals surface area contributed by atoms with Crippen molar-refractivity contribution in [3.8, 4) is 39.1 Å². The average Bonchev–Trinajstić information content (AvgIpc) is 3.72. The lowest BCUT2D eigenvalue weighted by atomic mass is 9.82. The van der Waals surface area contributed by atoms with Gasteiger partial charge in [0.15, 0.2) is 0 Å². The lowest BCUT2D eigenvalue weighted by molar-refractivity contribution is 0.660. The first-order valence-electron chi connectivity index (χ1n) is 19.8. The maximum Gasteiger partial charge on any atom is 0.0541 e. The molecule has 11 rings (SSSR count). The summed E-state index contributed by atoms with van der Waals surface area (Å²) in [6.07, 6.45) is 0. The van der Waals surface area contributed by atoms with Crippen molar-refractivity contribution in [3.05, 3.63) is 217 Å². The number of anilines is 3. The van der Waals surface area contributed by atoms with E-state index in [1.165, 1.54) is 82.8 Å². The fraction of sp³-hybridized carbons (Fsp3) is 0.0545. The van der Waals surface area contributed by atoms with Crippen LogP contribution in [0.5, 0.6) is 0 Å². The third-order valence-electron chi connectivity index (χ3n) is 12.2. The fourth-order valence-corrected chi connectivity index (χ4v) is 9.35. The van der Waals surface area contributed by atoms with Gasteiger partial charge < -0.3 is 9.47 Å². The van der Waals surface area contributed by atoms with E-state index in [1.54, 1.807) is 0 Å². The van der Waals surface area contributed by atoms with Gasteiger partial charge in [-0.05, 0) is 111 Å². The molecule has 0 atom stereocenters. The number of fused-ring (bicyclic) bond motifs is 7. The first kappa shape index (κ1) is 33.2. The zero-order chi connectivity index (χ0) is 38.1. The van der Waals surface area contributed by atoms with Crippen LogP contribution in [0.3, 0.4) is 0 Å². The number of hydrogen-bond acceptors (Lipinski definition) is 1. The molecule has 1 aliphatic carbocycles. The first-order chi connectivity index (χ1) is 28.0. The van der Waals surface area contributed by atoms with Crippen LogP contribution in [-0.4, -0.2) is 4.57 Å². The van der Waals surface area contributed by atoms with Crippen molar-refractivity contribution in [2.75, 3.05) is 4.90 Å². The molecule has 2 nitrogen and oxygen atoms in total. The van der Waals surface area contributed by atoms with Crippen LogP contribution in [0.15, 0.2) is 206 Å². The van der Waals surface area contributed by atoms with Crippen LogP contribution in [0.2, 0.25) is 0 Å². The summed E-state index contributed by atoms with van der Waals surface area (Å²) < 4.78 is 2.37. The Morgan fingerprint density at radius 1 is 0.386 bits per heavy atom. The van der Waals surface area contributed by atoms with E-state index < -0.39 is 0 Å². The van der Waals surface area contributed by atoms with E-state index in [4.69, 9.17) is 0 Å². The standard InChI is InChI=1S/C55H40N2/c1-55(2)50-23-10-8-21-46(50)47-32-31-44(36-51(47)55)56(52-25-13-15-39-14-6-7-20-45(39)52)43-19-12-16-40(34-43)37-26-28-38(29-27-37)41-30-33-54-49(35-41)48-22-9-11-24-53(48)57(54)42-17-4-3-5-18-42/h3-36H,1-2H3. The molecular weight excluding hydrogens is 689 g/mol. The predicted octanol–water partition coefficient (Wildman–Crippen LogP) is 15.0. The van der Waals surface area contributed by atoms with E-state index >= 15 is 0 Å². The van der Waals surface area contributed by atoms with Crippen molar-refractivity contribution in [2.45, 2.75) is 19.3 Å². The van der Waals surface area contributed by atoms with Gasteiger partial charge in [-0.1, -0.05) is 159 Å². The highest BCUT2D eigenvalue weighted by molar-refractivity contribution is 6.10. The van der Waals surface area contributed by atoms with E-state index in [2.05, 4.69) is 230 Å². The van der Waals surface area contributed by atoms with Gasteiger partial charge >= 0.3 is 0 Å². The molecular formula is C55H40N2. The number of benzene rings is 9. The summed E-state index contributed by atoms with van der Waals surface area (Å²) in [4.78, 5) is 2.45. The smallest absolute Gasteiger partial charge is 0.0541 e. The monoisotopic (exact) mass is 728 g/mol. The Morgan fingerprint density at radius 2 is 1.00 bits per heavy atom. The average molecular weight is 729 g/mol. The van der Waals surface area contributed by atoms with Gasteiger partial charge in [-0.15, -0.1) is 0 Å². The van der Waals surface area contributed by atoms with Gasteiger partial charge in [0.25, 0.3) is 0 Å². The largest absolute Gasteiger partial charge is 0.310 e. The highest BCUT2D eigenvalue weighted by Crippen LogP contribution is 2.51. The quantitative estimate of drug-likeness (QED) is 0.165. The number of nitrogens with zero attached hydrogens (tertiary/aromatic N) is 2. The van der Waals surface area contributed by atoms with E-state index in [1.807, 2.05) is 0 Å². The Morgan fingerprint density at radius 3 is 1.84 bits per heavy atom. The van der Waals surface area contributed by atoms with Gasteiger partial charge in [-0.25, -0.2) is 0 Å². The Bertz CT molecular complexity index is 3140. The van der Waals surface area contributed by atoms with Crippen molar-refractivity contribution >= 4 is 49.6 Å². The van der Waals surface area contributed by atoms with Crippen molar-refractivity contribution in [1.82, 2.24) is 4.57 Å². The molecule has 0 radical (unpaired) electrons. The van der Waals surface area contributed by atoms with Crippen LogP contribution in [-0.2, 0) is 5.41 Å². The maximum atomic E-state index is 2.45. The Labute approximate surface area is 333 Å². The molecule has 0 N–H and O–H groups in total. The third kappa shape index (κ3) is 5.33. The molecule has 0 fully saturated rings. The van der Waals surface area contributed by atoms with E-state index in [0.717, 1.165) is 17.1 Å². The minimum Gasteiger partial charge on any atom is -0.310 e. The highest BCUT2D eigenvalue weighted by atomic mass is 15.1. The second-order valence-corrected chi connectivity index (χ2v) is 15.8. The van der Waals surface area contributed by atoms with Crippen LogP contribution < -0.4 is 4.90 Å². The summed E-state index contributed by atoms with van der Waals surface area (Å²) in [6.45, 7) is 4.71. The lowest BCUT2D eigenvalue weighted by Crippen LogP contribution is -2.16. The summed E-state index contributed by atoms with van der Waals surface area (Å²) in [5.41, 5.74) is 17.1. The second kappa shape index (κ2) is 13.0. The fourth-order valence-electron chi connectivity index (χ4n) is 9.35. The van der Waals surface area contributed by atoms with E-state index in [0.29, 0.717) is 0 Å². The molecule has 10 aromatic rings. The Hall–Kier alpha value is -7.16. The molecule has 0 amide bonds. The first-order valence-corrected chi connectivity index (χ1v) is 19.8. The third-order valence-corrected chi connectivity index (χ3v) is 12.2. The van der Waals surface area contributed by atoms with Crippen LogP contribution in [0, 0.1) is 0 Å². The molecule has 2 heteroatoms. The second-order valence-electron chi connectivity index (χ2n) is 15.8. The summed E-state index contributed by atoms with van der Waals surface area (Å²) >= 11 is 0. The zero-order valence-electron chi connectivity index (χ0n) is 32.0. The van der Waals surface area contributed by atoms with Crippen molar-refractivity contribution in [2.24, 2.45) is 0 Å². The molecule has 1 aliphatic rings. The number of rotatable bonds is 6. The number of aromatic nitrogens is 1. The molecule has 57 heavy (non-hydrogen) atoms. The van der Waals surface area contributed by atoms with Crippen molar-refractivity contribution in [3.63, 3.8) is 0 Å². The van der Waals surface area contributed by atoms with Gasteiger partial charge in [-0.3, -0.25) is 0 Å². The molecule has 1 aromatic heterocycles. The summed E-state index contributed by atoms with van der Waals surface area (Å²) in [5, 5.41) is 4.97. The molecule has 0 saturated carbocycles. The summed E-state index contributed by atoms with van der Waals surface area (Å²) in [7, 11) is 0. The topological polar surface area (TPSA) is 8.17 Å². The molecule has 0 saturated heterocycles. The molecule has 0 aliphatic heterocycles. The lowest BCUT2D eigenvalue weighted by Gasteiger charge is -2.29. The van der Waals surface area contributed by atoms with Gasteiger partial charge in [0, 0.05) is 38.6 Å². The molecule has 1 heterocycles. The summed E-state index contributed by atoms with van der Waals surface area (Å²) in [6, 6.07) is 75.6. The Kier molecular flexibility index (Phi) is 7.55. The van der Waals surface area contributed by atoms with E-state index in [-0.39, 0.29) is 5.41 Å². The Balaban J connectivity index is 0.992. The van der Waals surface area contributed by atoms with Gasteiger partial charge in [-0.2, -0.15) is 0 Å². The van der Waals surface area contributed by atoms with Crippen LogP contribution in [0.4, 0.5) is 17.1 Å². The normalized spacial score (nSPS) is 12.9. The van der Waals surface area contributed by atoms with Crippen molar-refractivity contribution in [1.29, 1.82) is 0 Å². The zero-order valence-corrected chi connectivity index (χ0v) is 32.0. The number of hydrogen-bond donors (Lipinski definition) is 0. The minimum atomic E-state index is -0.0978. The molecule has 0 bridgehead atoms. The predicted molar refractivity (Wildman–Crippen MR) is 241 cm³/mol. The van der Waals surface area contributed by atoms with Gasteiger partial charge in [0.1, 0.15) is 0 Å².